The zero-order valence-electron chi connectivity index (χ0n) is 33.8. The first-order valence-electron chi connectivity index (χ1n) is 18.9. The van der Waals surface area contributed by atoms with Crippen molar-refractivity contribution in [2.24, 2.45) is 0 Å². The monoisotopic (exact) mass is 1070 g/mol. The second kappa shape index (κ2) is 20.4. The van der Waals surface area contributed by atoms with Crippen LogP contribution in [0.4, 0.5) is 17.5 Å². The van der Waals surface area contributed by atoms with E-state index in [4.69, 9.17) is 110 Å². The molecule has 0 aromatic carbocycles. The summed E-state index contributed by atoms with van der Waals surface area (Å²) < 4.78 is 61.8. The Balaban J connectivity index is 1.06. The van der Waals surface area contributed by atoms with E-state index < -0.39 is 107 Å². The van der Waals surface area contributed by atoms with Crippen molar-refractivity contribution >= 4 is 102 Å². The van der Waals surface area contributed by atoms with Gasteiger partial charge in [0.05, 0.1) is 44.5 Å². The van der Waals surface area contributed by atoms with Gasteiger partial charge in [0, 0.05) is 45.4 Å². The lowest BCUT2D eigenvalue weighted by Crippen LogP contribution is -2.31. The molecule has 3 fully saturated rings. The molecule has 4 aromatic rings. The maximum Gasteiger partial charge on any atom is 0.351 e. The number of ether oxygens (including phenoxy) is 3. The Morgan fingerprint density at radius 2 is 1.11 bits per heavy atom. The van der Waals surface area contributed by atoms with Crippen molar-refractivity contribution in [3.8, 4) is 0 Å². The molecule has 27 nitrogen and oxygen atoms in total. The number of anilines is 3. The van der Waals surface area contributed by atoms with Crippen LogP contribution >= 0.6 is 26.6 Å². The summed E-state index contributed by atoms with van der Waals surface area (Å²) in [5, 5.41) is 0. The van der Waals surface area contributed by atoms with Gasteiger partial charge in [-0.15, -0.1) is 0 Å². The van der Waals surface area contributed by atoms with Gasteiger partial charge in [0.2, 0.25) is 0 Å². The van der Waals surface area contributed by atoms with Crippen molar-refractivity contribution < 1.29 is 65.5 Å². The zero-order chi connectivity index (χ0) is 47.1. The second-order valence-electron chi connectivity index (χ2n) is 14.5. The molecule has 0 saturated carbocycles. The molecule has 358 valence electrons. The van der Waals surface area contributed by atoms with Gasteiger partial charge in [-0.2, -0.15) is 9.97 Å². The molecule has 0 spiro atoms. The number of nitrogens with two attached hydrogens (primary N) is 3. The molecule has 3 saturated heterocycles. The first kappa shape index (κ1) is 50.6. The number of imidazole rings is 1. The molecule has 0 amide bonds. The molecule has 10 N–H and O–H groups in total. The molecule has 7 heterocycles. The summed E-state index contributed by atoms with van der Waals surface area (Å²) in [6.07, 6.45) is -4.12. The molecule has 65 heavy (non-hydrogen) atoms. The molecule has 0 aliphatic carbocycles. The van der Waals surface area contributed by atoms with Crippen LogP contribution in [0.15, 0.2) is 46.8 Å². The van der Waals surface area contributed by atoms with Crippen molar-refractivity contribution in [3.05, 3.63) is 58.1 Å². The Bertz CT molecular complexity index is 2700. The van der Waals surface area contributed by atoms with Crippen molar-refractivity contribution in [1.82, 2.24) is 38.6 Å². The van der Waals surface area contributed by atoms with Crippen molar-refractivity contribution in [2.45, 2.75) is 74.6 Å². The van der Waals surface area contributed by atoms with Crippen molar-refractivity contribution in [3.63, 3.8) is 0 Å². The number of aromatic nitrogens is 8. The fourth-order valence-electron chi connectivity index (χ4n) is 6.93. The highest BCUT2D eigenvalue weighted by molar-refractivity contribution is 8.09. The number of fused-ring (bicyclic) bond motifs is 1. The zero-order valence-corrected chi connectivity index (χ0v) is 40.7. The summed E-state index contributed by atoms with van der Waals surface area (Å²) in [6, 6.07) is 2.74. The van der Waals surface area contributed by atoms with E-state index in [1.165, 1.54) is 43.8 Å². The minimum Gasteiger partial charge on any atom is -0.383 e. The van der Waals surface area contributed by atoms with Gasteiger partial charge in [0.15, 0.2) is 18.0 Å². The smallest absolute Gasteiger partial charge is 0.351 e. The highest BCUT2D eigenvalue weighted by Crippen LogP contribution is 2.54. The standard InChI is InChI=1S/C30H43N11O16P4S4/c1-48-59(45,63)55-15-7-23(39-5-3-21(31)37-29(39)42)52-19(15)11-50-60(46,64)56-16-8-24(40-6-4-22(32)38-30(40)43)53-20(16)12-51-61(47,65)57-17-9-25(54-18(17)10-49-58(2,44)62)41-14-36-26-27(33)34-13-35-28(26)41/h3-6,13-20,23-25H,7-12H2,1-2H3,(H,44,62)(H,45,63)(H,46,64)(H,47,65)(H2,31,37,42)(H2,32,38,43)(H2,33,34,35). The molecule has 0 radical (unpaired) electrons. The van der Waals surface area contributed by atoms with E-state index in [1.807, 2.05) is 0 Å². The normalized spacial score (nSPS) is 29.6. The highest BCUT2D eigenvalue weighted by atomic mass is 32.5. The third-order valence-corrected chi connectivity index (χ3v) is 15.7. The third kappa shape index (κ3) is 12.9. The van der Waals surface area contributed by atoms with Gasteiger partial charge in [-0.1, -0.05) is 0 Å². The van der Waals surface area contributed by atoms with E-state index >= 15 is 0 Å². The molecule has 13 unspecified atom stereocenters. The molecule has 3 aliphatic rings. The fourth-order valence-corrected chi connectivity index (χ4v) is 11.5. The van der Waals surface area contributed by atoms with Crippen LogP contribution in [0.5, 0.6) is 0 Å². The molecule has 3 aliphatic heterocycles. The number of nitrogen functional groups attached to an aromatic ring is 3. The van der Waals surface area contributed by atoms with Crippen LogP contribution in [0.25, 0.3) is 11.2 Å². The average molecular weight is 1070 g/mol. The van der Waals surface area contributed by atoms with E-state index in [9.17, 15) is 29.2 Å². The van der Waals surface area contributed by atoms with E-state index in [0.29, 0.717) is 11.2 Å². The van der Waals surface area contributed by atoms with Gasteiger partial charge in [-0.3, -0.25) is 13.7 Å². The molecular weight excluding hydrogens is 1020 g/mol. The van der Waals surface area contributed by atoms with Crippen LogP contribution in [0.3, 0.4) is 0 Å². The van der Waals surface area contributed by atoms with Crippen molar-refractivity contribution in [1.29, 1.82) is 0 Å². The first-order chi connectivity index (χ1) is 30.5. The van der Waals surface area contributed by atoms with Gasteiger partial charge >= 0.3 is 31.5 Å². The molecule has 13 atom stereocenters. The fraction of sp³-hybridized carbons (Fsp3) is 0.567. The van der Waals surface area contributed by atoms with Crippen LogP contribution in [0.2, 0.25) is 0 Å². The maximum atomic E-state index is 12.9. The summed E-state index contributed by atoms with van der Waals surface area (Å²) in [4.78, 5) is 89.0. The van der Waals surface area contributed by atoms with E-state index in [2.05, 4.69) is 24.9 Å². The largest absolute Gasteiger partial charge is 0.383 e. The molecule has 35 heteroatoms. The lowest BCUT2D eigenvalue weighted by Gasteiger charge is -2.28. The Kier molecular flexibility index (Phi) is 15.9. The SMILES string of the molecule is COP(O)(=S)OC1CC(n2ccc(N)nc2=O)OC1COP(O)(=S)OC1CC(n2ccc(N)nc2=O)OC1COP(O)(=S)OC1CC(n2cnc3c(N)ncnc32)OC1COP(C)(O)=S. The molecule has 4 aromatic heterocycles. The predicted octanol–water partition coefficient (Wildman–Crippen LogP) is 0.383. The van der Waals surface area contributed by atoms with Gasteiger partial charge < -0.3 is 82.7 Å². The van der Waals surface area contributed by atoms with E-state index in [0.717, 1.165) is 16.2 Å². The van der Waals surface area contributed by atoms with Gasteiger partial charge in [-0.25, -0.2) is 24.5 Å². The first-order valence-corrected chi connectivity index (χ1v) is 29.8. The Morgan fingerprint density at radius 3 is 1.54 bits per heavy atom. The number of rotatable bonds is 19. The lowest BCUT2D eigenvalue weighted by molar-refractivity contribution is -0.0537. The number of nitrogens with zero attached hydrogens (tertiary/aromatic N) is 8. The Labute approximate surface area is 388 Å². The summed E-state index contributed by atoms with van der Waals surface area (Å²) in [7, 11) is 1.15. The van der Waals surface area contributed by atoms with Gasteiger partial charge in [0.1, 0.15) is 60.5 Å². The highest BCUT2D eigenvalue weighted by Gasteiger charge is 2.46. The minimum absolute atomic E-state index is 0.0221. The van der Waals surface area contributed by atoms with Gasteiger partial charge in [0.25, 0.3) is 0 Å². The van der Waals surface area contributed by atoms with Crippen LogP contribution in [-0.2, 0) is 93.1 Å². The topological polar surface area (TPSA) is 365 Å². The quantitative estimate of drug-likeness (QED) is 0.0624. The summed E-state index contributed by atoms with van der Waals surface area (Å²) in [6.45, 7) is -15.4. The molecular formula is C30H43N11O16P4S4. The van der Waals surface area contributed by atoms with Crippen LogP contribution in [0.1, 0.15) is 37.9 Å². The maximum absolute atomic E-state index is 12.9. The second-order valence-corrected chi connectivity index (χ2v) is 26.8. The Hall–Kier alpha value is -2.25. The van der Waals surface area contributed by atoms with Crippen molar-refractivity contribution in [2.75, 3.05) is 50.8 Å². The van der Waals surface area contributed by atoms with Crippen LogP contribution in [-0.4, -0.2) is 128 Å². The molecule has 7 rings (SSSR count). The lowest BCUT2D eigenvalue weighted by atomic mass is 10.2. The van der Waals surface area contributed by atoms with Gasteiger partial charge in [-0.05, 0) is 59.4 Å². The van der Waals surface area contributed by atoms with Crippen LogP contribution < -0.4 is 28.6 Å². The minimum atomic E-state index is -4.29. The number of hydrogen-bond acceptors (Lipinski definition) is 24. The predicted molar refractivity (Wildman–Crippen MR) is 243 cm³/mol. The Morgan fingerprint density at radius 1 is 0.677 bits per heavy atom. The molecule has 0 bridgehead atoms. The van der Waals surface area contributed by atoms with Crippen LogP contribution in [0, 0.1) is 0 Å². The van der Waals surface area contributed by atoms with E-state index in [-0.39, 0.29) is 43.3 Å². The third-order valence-electron chi connectivity index (χ3n) is 9.88. The van der Waals surface area contributed by atoms with E-state index in [1.54, 1.807) is 4.57 Å². The summed E-state index contributed by atoms with van der Waals surface area (Å²) in [5.74, 6) is 0.0690. The average Bonchev–Trinajstić information content (AvgIpc) is 4.01. The summed E-state index contributed by atoms with van der Waals surface area (Å²) in [5.41, 5.74) is 16.5. The number of hydrogen-bond donors (Lipinski definition) is 7. The summed E-state index contributed by atoms with van der Waals surface area (Å²) >= 11 is 20.9.